The molecule has 0 saturated carbocycles. The number of aromatic nitrogens is 2. The van der Waals surface area contributed by atoms with Crippen molar-refractivity contribution in [3.8, 4) is 6.07 Å². The molecule has 0 amide bonds. The first-order valence-electron chi connectivity index (χ1n) is 8.62. The molecule has 2 aliphatic rings. The predicted octanol–water partition coefficient (Wildman–Crippen LogP) is 3.13. The summed E-state index contributed by atoms with van der Waals surface area (Å²) in [6, 6.07) is 6.00. The van der Waals surface area contributed by atoms with Crippen molar-refractivity contribution in [1.82, 2.24) is 15.1 Å². The van der Waals surface area contributed by atoms with Gasteiger partial charge in [0.2, 0.25) is 0 Å². The van der Waals surface area contributed by atoms with Gasteiger partial charge < -0.3 is 5.32 Å². The molecular formula is C20H18F2N4. The van der Waals surface area contributed by atoms with E-state index < -0.39 is 17.0 Å². The van der Waals surface area contributed by atoms with E-state index in [9.17, 15) is 14.0 Å². The minimum absolute atomic E-state index is 0.218. The summed E-state index contributed by atoms with van der Waals surface area (Å²) in [7, 11) is 0. The highest BCUT2D eigenvalue weighted by molar-refractivity contribution is 5.45. The molecule has 1 unspecified atom stereocenters. The van der Waals surface area contributed by atoms with Crippen LogP contribution in [0.25, 0.3) is 0 Å². The molecule has 1 atom stereocenters. The second kappa shape index (κ2) is 6.50. The van der Waals surface area contributed by atoms with Crippen LogP contribution in [-0.4, -0.2) is 16.3 Å². The molecule has 0 saturated heterocycles. The van der Waals surface area contributed by atoms with Gasteiger partial charge in [0.15, 0.2) is 0 Å². The van der Waals surface area contributed by atoms with Gasteiger partial charge in [-0.3, -0.25) is 4.68 Å². The van der Waals surface area contributed by atoms with Crippen molar-refractivity contribution in [3.05, 3.63) is 76.7 Å². The second-order valence-electron chi connectivity index (χ2n) is 6.67. The molecular weight excluding hydrogens is 334 g/mol. The molecule has 26 heavy (non-hydrogen) atoms. The Hall–Kier alpha value is -2.78. The van der Waals surface area contributed by atoms with Crippen molar-refractivity contribution in [2.24, 2.45) is 0 Å². The van der Waals surface area contributed by atoms with Crippen molar-refractivity contribution in [2.75, 3.05) is 6.54 Å². The third kappa shape index (κ3) is 2.74. The molecule has 0 spiro atoms. The summed E-state index contributed by atoms with van der Waals surface area (Å²) in [5.41, 5.74) is 2.34. The number of nitrogens with zero attached hydrogens (tertiary/aromatic N) is 3. The van der Waals surface area contributed by atoms with Gasteiger partial charge in [-0.1, -0.05) is 30.4 Å². The lowest BCUT2D eigenvalue weighted by Crippen LogP contribution is -2.29. The maximum atomic E-state index is 14.1. The Morgan fingerprint density at radius 1 is 1.31 bits per heavy atom. The summed E-state index contributed by atoms with van der Waals surface area (Å²) >= 11 is 0. The number of rotatable bonds is 3. The van der Waals surface area contributed by atoms with E-state index >= 15 is 0 Å². The molecule has 1 aromatic heterocycles. The van der Waals surface area contributed by atoms with Crippen molar-refractivity contribution in [3.63, 3.8) is 0 Å². The Kier molecular flexibility index (Phi) is 4.17. The molecule has 1 aliphatic heterocycles. The summed E-state index contributed by atoms with van der Waals surface area (Å²) < 4.78 is 29.1. The fourth-order valence-corrected chi connectivity index (χ4v) is 3.65. The second-order valence-corrected chi connectivity index (χ2v) is 6.67. The highest BCUT2D eigenvalue weighted by atomic mass is 19.1. The highest BCUT2D eigenvalue weighted by Gasteiger charge is 2.37. The van der Waals surface area contributed by atoms with Gasteiger partial charge in [-0.25, -0.2) is 8.78 Å². The van der Waals surface area contributed by atoms with E-state index in [1.807, 2.05) is 24.3 Å². The maximum Gasteiger partial charge on any atom is 0.131 e. The zero-order valence-electron chi connectivity index (χ0n) is 14.2. The summed E-state index contributed by atoms with van der Waals surface area (Å²) in [6.07, 6.45) is 8.96. The molecule has 4 rings (SSSR count). The largest absolute Gasteiger partial charge is 0.312 e. The number of nitrogens with one attached hydrogen (secondary N) is 1. The first-order valence-corrected chi connectivity index (χ1v) is 8.62. The van der Waals surface area contributed by atoms with Gasteiger partial charge >= 0.3 is 0 Å². The average Bonchev–Trinajstić information content (AvgIpc) is 3.04. The Morgan fingerprint density at radius 2 is 2.19 bits per heavy atom. The maximum absolute atomic E-state index is 14.1. The normalized spacial score (nSPS) is 21.4. The van der Waals surface area contributed by atoms with Crippen LogP contribution in [-0.2, 0) is 24.9 Å². The van der Waals surface area contributed by atoms with Crippen LogP contribution in [0.4, 0.5) is 8.78 Å². The number of hydrogen-bond donors (Lipinski definition) is 1. The molecule has 1 aromatic carbocycles. The van der Waals surface area contributed by atoms with E-state index in [4.69, 9.17) is 5.10 Å². The predicted molar refractivity (Wildman–Crippen MR) is 93.3 cm³/mol. The minimum atomic E-state index is -0.801. The molecule has 0 radical (unpaired) electrons. The van der Waals surface area contributed by atoms with Gasteiger partial charge in [0.25, 0.3) is 0 Å². The lowest BCUT2D eigenvalue weighted by molar-refractivity contribution is 0.540. The van der Waals surface area contributed by atoms with Gasteiger partial charge in [0.1, 0.15) is 17.0 Å². The monoisotopic (exact) mass is 352 g/mol. The summed E-state index contributed by atoms with van der Waals surface area (Å²) in [6.45, 7) is 1.66. The van der Waals surface area contributed by atoms with Gasteiger partial charge in [-0.05, 0) is 12.5 Å². The van der Waals surface area contributed by atoms with Gasteiger partial charge in [0, 0.05) is 42.4 Å². The minimum Gasteiger partial charge on any atom is -0.312 e. The number of halogens is 2. The molecule has 0 fully saturated rings. The lowest BCUT2D eigenvalue weighted by Gasteiger charge is -2.24. The van der Waals surface area contributed by atoms with Crippen LogP contribution in [0.1, 0.15) is 28.9 Å². The fraction of sp³-hybridized carbons (Fsp3) is 0.300. The van der Waals surface area contributed by atoms with Crippen molar-refractivity contribution in [2.45, 2.75) is 31.3 Å². The Labute approximate surface area is 150 Å². The molecule has 132 valence electrons. The third-order valence-corrected chi connectivity index (χ3v) is 5.03. The summed E-state index contributed by atoms with van der Waals surface area (Å²) in [5, 5.41) is 17.9. The van der Waals surface area contributed by atoms with Crippen LogP contribution in [0, 0.1) is 23.0 Å². The van der Waals surface area contributed by atoms with Crippen molar-refractivity contribution in [1.29, 1.82) is 5.26 Å². The van der Waals surface area contributed by atoms with E-state index in [1.165, 1.54) is 12.1 Å². The van der Waals surface area contributed by atoms with Crippen LogP contribution in [0.3, 0.4) is 0 Å². The van der Waals surface area contributed by atoms with Gasteiger partial charge in [-0.2, -0.15) is 10.4 Å². The Balaban J connectivity index is 1.79. The lowest BCUT2D eigenvalue weighted by atomic mass is 9.78. The van der Waals surface area contributed by atoms with E-state index in [1.54, 1.807) is 4.68 Å². The average molecular weight is 352 g/mol. The smallest absolute Gasteiger partial charge is 0.131 e. The molecule has 2 heterocycles. The standard InChI is InChI=1S/C20H18F2N4/c21-15-5-4-14(17(22)10-15)12-26-18-6-9-24-11-16(18)19(25-26)20(13-23)7-2-1-3-8-20/h1-5,7,10,24H,6,8-9,11-12H2. The first-order chi connectivity index (χ1) is 12.6. The zero-order valence-corrected chi connectivity index (χ0v) is 14.2. The summed E-state index contributed by atoms with van der Waals surface area (Å²) in [5.74, 6) is -1.18. The summed E-state index contributed by atoms with van der Waals surface area (Å²) in [4.78, 5) is 0. The van der Waals surface area contributed by atoms with E-state index in [2.05, 4.69) is 11.4 Å². The van der Waals surface area contributed by atoms with Crippen LogP contribution in [0.5, 0.6) is 0 Å². The third-order valence-electron chi connectivity index (χ3n) is 5.03. The molecule has 2 aromatic rings. The van der Waals surface area contributed by atoms with Crippen LogP contribution in [0.15, 0.2) is 42.5 Å². The molecule has 1 N–H and O–H groups in total. The number of benzene rings is 1. The zero-order chi connectivity index (χ0) is 18.1. The highest BCUT2D eigenvalue weighted by Crippen LogP contribution is 2.36. The Bertz CT molecular complexity index is 951. The molecule has 0 bridgehead atoms. The van der Waals surface area contributed by atoms with E-state index in [-0.39, 0.29) is 6.54 Å². The number of fused-ring (bicyclic) bond motifs is 1. The van der Waals surface area contributed by atoms with Crippen LogP contribution < -0.4 is 5.32 Å². The van der Waals surface area contributed by atoms with Crippen LogP contribution in [0.2, 0.25) is 0 Å². The van der Waals surface area contributed by atoms with Gasteiger partial charge in [0.05, 0.1) is 18.3 Å². The molecule has 1 aliphatic carbocycles. The quantitative estimate of drug-likeness (QED) is 0.923. The number of hydrogen-bond acceptors (Lipinski definition) is 3. The van der Waals surface area contributed by atoms with Gasteiger partial charge in [-0.15, -0.1) is 0 Å². The first kappa shape index (κ1) is 16.7. The van der Waals surface area contributed by atoms with Crippen molar-refractivity contribution >= 4 is 0 Å². The number of allylic oxidation sites excluding steroid dienone is 4. The van der Waals surface area contributed by atoms with E-state index in [0.29, 0.717) is 18.5 Å². The molecule has 4 nitrogen and oxygen atoms in total. The molecule has 6 heteroatoms. The topological polar surface area (TPSA) is 53.6 Å². The number of nitriles is 1. The fourth-order valence-electron chi connectivity index (χ4n) is 3.65. The van der Waals surface area contributed by atoms with Crippen molar-refractivity contribution < 1.29 is 8.78 Å². The Morgan fingerprint density at radius 3 is 2.92 bits per heavy atom. The van der Waals surface area contributed by atoms with E-state index in [0.717, 1.165) is 36.0 Å². The van der Waals surface area contributed by atoms with Crippen LogP contribution >= 0.6 is 0 Å². The SMILES string of the molecule is N#CC1(c2nn(Cc3ccc(F)cc3F)c3c2CNCC3)C=CC=CC1.